The van der Waals surface area contributed by atoms with E-state index in [9.17, 15) is 22.4 Å². The first kappa shape index (κ1) is 19.2. The number of halogens is 5. The van der Waals surface area contributed by atoms with Crippen LogP contribution in [-0.4, -0.2) is 25.0 Å². The number of carbonyl (C=O) groups is 1. The highest BCUT2D eigenvalue weighted by Gasteiger charge is 2.33. The van der Waals surface area contributed by atoms with Gasteiger partial charge in [-0.2, -0.15) is 13.2 Å². The molecule has 0 aliphatic heterocycles. The van der Waals surface area contributed by atoms with Crippen molar-refractivity contribution in [2.24, 2.45) is 0 Å². The number of hydrogen-bond donors (Lipinski definition) is 1. The third-order valence-corrected chi connectivity index (χ3v) is 3.75. The Morgan fingerprint density at radius 2 is 1.96 bits per heavy atom. The summed E-state index contributed by atoms with van der Waals surface area (Å²) in [7, 11) is 3.38. The van der Waals surface area contributed by atoms with Crippen molar-refractivity contribution >= 4 is 27.7 Å². The fourth-order valence-electron chi connectivity index (χ4n) is 2.19. The summed E-state index contributed by atoms with van der Waals surface area (Å²) < 4.78 is 52.7. The molecular weight excluding hydrogens is 406 g/mol. The van der Waals surface area contributed by atoms with Crippen LogP contribution in [0.4, 0.5) is 23.4 Å². The molecule has 0 aliphatic rings. The van der Waals surface area contributed by atoms with Crippen LogP contribution in [0.15, 0.2) is 34.9 Å². The number of nitrogens with zero attached hydrogens (tertiary/aromatic N) is 2. The number of amides is 1. The molecule has 134 valence electrons. The first-order chi connectivity index (χ1) is 11.6. The van der Waals surface area contributed by atoms with Crippen LogP contribution < -0.4 is 10.2 Å². The number of aromatic nitrogens is 1. The van der Waals surface area contributed by atoms with Gasteiger partial charge in [0.2, 0.25) is 0 Å². The second-order valence-electron chi connectivity index (χ2n) is 5.40. The van der Waals surface area contributed by atoms with Gasteiger partial charge in [0.1, 0.15) is 11.6 Å². The average Bonchev–Trinajstić information content (AvgIpc) is 2.52. The molecule has 0 saturated heterocycles. The number of benzene rings is 1. The van der Waals surface area contributed by atoms with E-state index in [0.717, 1.165) is 12.1 Å². The number of hydrogen-bond acceptors (Lipinski definition) is 3. The first-order valence-corrected chi connectivity index (χ1v) is 7.85. The Bertz CT molecular complexity index is 793. The molecule has 0 fully saturated rings. The number of anilines is 1. The van der Waals surface area contributed by atoms with Gasteiger partial charge in [0.05, 0.1) is 11.1 Å². The quantitative estimate of drug-likeness (QED) is 0.761. The lowest BCUT2D eigenvalue weighted by molar-refractivity contribution is -0.138. The van der Waals surface area contributed by atoms with Crippen LogP contribution in [0, 0.1) is 5.82 Å². The van der Waals surface area contributed by atoms with E-state index in [0.29, 0.717) is 16.4 Å². The van der Waals surface area contributed by atoms with Crippen molar-refractivity contribution in [3.63, 3.8) is 0 Å². The number of alkyl halides is 3. The van der Waals surface area contributed by atoms with Gasteiger partial charge in [-0.25, -0.2) is 9.37 Å². The van der Waals surface area contributed by atoms with E-state index in [2.05, 4.69) is 26.2 Å². The van der Waals surface area contributed by atoms with Crippen molar-refractivity contribution in [3.05, 3.63) is 57.4 Å². The van der Waals surface area contributed by atoms with Gasteiger partial charge >= 0.3 is 6.18 Å². The minimum absolute atomic E-state index is 0.204. The molecule has 1 aromatic heterocycles. The van der Waals surface area contributed by atoms with Crippen LogP contribution in [0.3, 0.4) is 0 Å². The maximum absolute atomic E-state index is 13.1. The summed E-state index contributed by atoms with van der Waals surface area (Å²) in [6.07, 6.45) is -3.21. The summed E-state index contributed by atoms with van der Waals surface area (Å²) in [5.41, 5.74) is -1.14. The zero-order valence-corrected chi connectivity index (χ0v) is 14.9. The van der Waals surface area contributed by atoms with Gasteiger partial charge in [-0.3, -0.25) is 4.79 Å². The zero-order valence-electron chi connectivity index (χ0n) is 13.3. The molecule has 0 bridgehead atoms. The third kappa shape index (κ3) is 4.68. The molecule has 1 heterocycles. The number of rotatable bonds is 4. The summed E-state index contributed by atoms with van der Waals surface area (Å²) >= 11 is 3.20. The van der Waals surface area contributed by atoms with Crippen molar-refractivity contribution in [2.75, 3.05) is 19.0 Å². The van der Waals surface area contributed by atoms with E-state index in [4.69, 9.17) is 0 Å². The van der Waals surface area contributed by atoms with Crippen molar-refractivity contribution in [1.82, 2.24) is 10.3 Å². The number of pyridine rings is 1. The highest BCUT2D eigenvalue weighted by atomic mass is 79.9. The highest BCUT2D eigenvalue weighted by Crippen LogP contribution is 2.32. The largest absolute Gasteiger partial charge is 0.416 e. The molecule has 0 spiro atoms. The average molecular weight is 420 g/mol. The molecule has 0 saturated carbocycles. The Morgan fingerprint density at radius 1 is 1.28 bits per heavy atom. The molecule has 2 aromatic rings. The van der Waals surface area contributed by atoms with E-state index in [1.165, 1.54) is 12.3 Å². The van der Waals surface area contributed by atoms with Gasteiger partial charge < -0.3 is 10.2 Å². The molecule has 4 nitrogen and oxygen atoms in total. The zero-order chi connectivity index (χ0) is 18.8. The lowest BCUT2D eigenvalue weighted by Crippen LogP contribution is -2.27. The van der Waals surface area contributed by atoms with E-state index in [1.54, 1.807) is 19.0 Å². The van der Waals surface area contributed by atoms with E-state index in [1.807, 2.05) is 0 Å². The summed E-state index contributed by atoms with van der Waals surface area (Å²) in [5.74, 6) is -1.21. The summed E-state index contributed by atoms with van der Waals surface area (Å²) in [4.78, 5) is 18.1. The minimum Gasteiger partial charge on any atom is -0.362 e. The van der Waals surface area contributed by atoms with Crippen LogP contribution in [0.5, 0.6) is 0 Å². The Morgan fingerprint density at radius 3 is 2.56 bits per heavy atom. The van der Waals surface area contributed by atoms with Crippen LogP contribution in [-0.2, 0) is 12.7 Å². The van der Waals surface area contributed by atoms with E-state index >= 15 is 0 Å². The van der Waals surface area contributed by atoms with Crippen LogP contribution >= 0.6 is 15.9 Å². The summed E-state index contributed by atoms with van der Waals surface area (Å²) in [6.45, 7) is -0.395. The monoisotopic (exact) mass is 419 g/mol. The van der Waals surface area contributed by atoms with Gasteiger partial charge in [0.25, 0.3) is 5.91 Å². The summed E-state index contributed by atoms with van der Waals surface area (Å²) in [6, 6.07) is 3.85. The second kappa shape index (κ2) is 7.38. The molecule has 2 rings (SSSR count). The predicted molar refractivity (Wildman–Crippen MR) is 88.8 cm³/mol. The van der Waals surface area contributed by atoms with Gasteiger partial charge in [-0.05, 0) is 39.7 Å². The van der Waals surface area contributed by atoms with Crippen molar-refractivity contribution in [2.45, 2.75) is 12.7 Å². The lowest BCUT2D eigenvalue weighted by Gasteiger charge is -2.17. The minimum atomic E-state index is -4.71. The second-order valence-corrected chi connectivity index (χ2v) is 6.32. The van der Waals surface area contributed by atoms with Crippen molar-refractivity contribution in [1.29, 1.82) is 0 Å². The fourth-order valence-corrected chi connectivity index (χ4v) is 2.52. The fraction of sp³-hybridized carbons (Fsp3) is 0.250. The van der Waals surface area contributed by atoms with Gasteiger partial charge in [-0.15, -0.1) is 0 Å². The van der Waals surface area contributed by atoms with Gasteiger partial charge in [0, 0.05) is 31.3 Å². The molecule has 1 aromatic carbocycles. The molecule has 0 radical (unpaired) electrons. The van der Waals surface area contributed by atoms with Crippen LogP contribution in [0.2, 0.25) is 0 Å². The standard InChI is InChI=1S/C16H14BrF4N3O/c1-24(2)14-12(5-10(17)8-22-14)15(25)23-7-9-3-4-11(18)6-13(9)16(19,20)21/h3-6,8H,7H2,1-2H3,(H,23,25). The van der Waals surface area contributed by atoms with E-state index in [-0.39, 0.29) is 11.1 Å². The Kier molecular flexibility index (Phi) is 5.66. The van der Waals surface area contributed by atoms with Crippen LogP contribution in [0.1, 0.15) is 21.5 Å². The third-order valence-electron chi connectivity index (χ3n) is 3.32. The smallest absolute Gasteiger partial charge is 0.362 e. The first-order valence-electron chi connectivity index (χ1n) is 7.06. The molecule has 25 heavy (non-hydrogen) atoms. The van der Waals surface area contributed by atoms with Gasteiger partial charge in [-0.1, -0.05) is 6.07 Å². The highest BCUT2D eigenvalue weighted by molar-refractivity contribution is 9.10. The summed E-state index contributed by atoms with van der Waals surface area (Å²) in [5, 5.41) is 2.42. The molecule has 0 unspecified atom stereocenters. The Hall–Kier alpha value is -2.16. The van der Waals surface area contributed by atoms with Gasteiger partial charge in [0.15, 0.2) is 0 Å². The van der Waals surface area contributed by atoms with Crippen molar-refractivity contribution < 1.29 is 22.4 Å². The Labute approximate surface area is 150 Å². The Balaban J connectivity index is 2.26. The lowest BCUT2D eigenvalue weighted by atomic mass is 10.1. The topological polar surface area (TPSA) is 45.2 Å². The predicted octanol–water partition coefficient (Wildman–Crippen LogP) is 4.00. The van der Waals surface area contributed by atoms with E-state index < -0.39 is 30.0 Å². The molecule has 1 N–H and O–H groups in total. The maximum atomic E-state index is 13.1. The molecule has 0 aliphatic carbocycles. The number of nitrogens with one attached hydrogen (secondary N) is 1. The molecule has 0 atom stereocenters. The molecule has 1 amide bonds. The maximum Gasteiger partial charge on any atom is 0.416 e. The number of carbonyl (C=O) groups excluding carboxylic acids is 1. The van der Waals surface area contributed by atoms with Crippen molar-refractivity contribution in [3.8, 4) is 0 Å². The van der Waals surface area contributed by atoms with Crippen LogP contribution in [0.25, 0.3) is 0 Å². The molecular formula is C16H14BrF4N3O. The normalized spacial score (nSPS) is 11.3. The molecule has 9 heteroatoms. The SMILES string of the molecule is CN(C)c1ncc(Br)cc1C(=O)NCc1ccc(F)cc1C(F)(F)F.